The molecule has 1 aromatic carbocycles. The maximum atomic E-state index is 11.9. The normalized spacial score (nSPS) is 18.6. The number of morpholine rings is 1. The number of carbonyl (C=O) groups is 1. The van der Waals surface area contributed by atoms with Crippen LogP contribution in [0.4, 0.5) is 4.79 Å². The molecule has 0 saturated carbocycles. The Morgan fingerprint density at radius 3 is 2.94 bits per heavy atom. The van der Waals surface area contributed by atoms with Crippen LogP contribution < -0.4 is 10.1 Å². The summed E-state index contributed by atoms with van der Waals surface area (Å²) in [6.07, 6.45) is 0.0695. The average Bonchev–Trinajstić information content (AvgIpc) is 2.70. The molecule has 2 aromatic rings. The molecule has 2 N–H and O–H groups in total. The fourth-order valence-electron chi connectivity index (χ4n) is 3.55. The van der Waals surface area contributed by atoms with Crippen LogP contribution in [0.1, 0.15) is 32.4 Å². The zero-order valence-electron chi connectivity index (χ0n) is 18.4. The number of amides is 1. The Balaban J connectivity index is 1.64. The summed E-state index contributed by atoms with van der Waals surface area (Å²) in [5, 5.41) is 14.9. The van der Waals surface area contributed by atoms with E-state index in [-0.39, 0.29) is 6.10 Å². The number of ether oxygens (including phenoxy) is 3. The van der Waals surface area contributed by atoms with E-state index in [1.807, 2.05) is 39.0 Å². The Hall–Kier alpha value is -2.13. The van der Waals surface area contributed by atoms with Crippen molar-refractivity contribution in [3.63, 3.8) is 0 Å². The highest BCUT2D eigenvalue weighted by molar-refractivity contribution is 6.32. The van der Waals surface area contributed by atoms with Gasteiger partial charge in [0, 0.05) is 43.3 Å². The monoisotopic (exact) mass is 451 g/mol. The lowest BCUT2D eigenvalue weighted by atomic mass is 10.0. The molecule has 3 rings (SSSR count). The summed E-state index contributed by atoms with van der Waals surface area (Å²) in [6.45, 7) is 7.90. The number of hydrogen-bond acceptors (Lipinski definition) is 7. The number of carbonyl (C=O) groups excluding carboxylic acids is 1. The maximum Gasteiger partial charge on any atom is 0.407 e. The van der Waals surface area contributed by atoms with Crippen molar-refractivity contribution in [1.82, 2.24) is 15.2 Å². The summed E-state index contributed by atoms with van der Waals surface area (Å²) in [7, 11) is 1.59. The molecule has 1 aromatic heterocycles. The molecule has 1 fully saturated rings. The summed E-state index contributed by atoms with van der Waals surface area (Å²) in [5.41, 5.74) is 0.810. The van der Waals surface area contributed by atoms with Crippen LogP contribution in [0.2, 0.25) is 5.02 Å². The highest BCUT2D eigenvalue weighted by Crippen LogP contribution is 2.32. The van der Waals surface area contributed by atoms with Crippen molar-refractivity contribution in [3.8, 4) is 5.75 Å². The van der Waals surface area contributed by atoms with Gasteiger partial charge in [0.1, 0.15) is 11.4 Å². The molecule has 2 atom stereocenters. The summed E-state index contributed by atoms with van der Waals surface area (Å²) < 4.78 is 16.3. The Kier molecular flexibility index (Phi) is 7.59. The summed E-state index contributed by atoms with van der Waals surface area (Å²) in [5.74, 6) is 0.671. The van der Waals surface area contributed by atoms with Crippen LogP contribution in [0, 0.1) is 0 Å². The number of alkyl carbamates (subject to hydrolysis) is 1. The zero-order valence-corrected chi connectivity index (χ0v) is 19.1. The fraction of sp³-hybridized carbons (Fsp3) is 0.545. The van der Waals surface area contributed by atoms with E-state index < -0.39 is 17.8 Å². The number of aromatic nitrogens is 1. The van der Waals surface area contributed by atoms with Crippen molar-refractivity contribution in [2.75, 3.05) is 39.9 Å². The molecular formula is C22H30ClN3O5. The van der Waals surface area contributed by atoms with E-state index in [4.69, 9.17) is 25.8 Å². The Labute approximate surface area is 187 Å². The van der Waals surface area contributed by atoms with E-state index in [2.05, 4.69) is 15.2 Å². The van der Waals surface area contributed by atoms with Crippen molar-refractivity contribution in [2.24, 2.45) is 0 Å². The molecule has 2 unspecified atom stereocenters. The van der Waals surface area contributed by atoms with Crippen LogP contribution in [0.15, 0.2) is 24.4 Å². The average molecular weight is 452 g/mol. The van der Waals surface area contributed by atoms with Crippen LogP contribution in [-0.2, 0) is 9.47 Å². The molecule has 170 valence electrons. The minimum Gasteiger partial charge on any atom is -0.497 e. The number of aliphatic hydroxyl groups excluding tert-OH is 1. The van der Waals surface area contributed by atoms with Crippen LogP contribution in [0.25, 0.3) is 10.9 Å². The number of methoxy groups -OCH3 is 1. The molecular weight excluding hydrogens is 422 g/mol. The number of nitrogens with zero attached hydrogens (tertiary/aromatic N) is 2. The van der Waals surface area contributed by atoms with Crippen molar-refractivity contribution >= 4 is 28.6 Å². The Morgan fingerprint density at radius 2 is 2.23 bits per heavy atom. The van der Waals surface area contributed by atoms with Crippen LogP contribution >= 0.6 is 11.6 Å². The molecule has 0 radical (unpaired) electrons. The highest BCUT2D eigenvalue weighted by Gasteiger charge is 2.26. The number of aliphatic hydroxyl groups is 1. The standard InChI is InChI=1S/C22H30ClN3O5/c1-22(2,3)31-21(28)25-10-15-12-26(7-8-30-15)13-19(27)20-16-9-14(29-4)5-6-18(16)24-11-17(20)23/h5-6,9,11,15,19,27H,7-8,10,12-13H2,1-4H3,(H,25,28). The van der Waals surface area contributed by atoms with Gasteiger partial charge in [0.2, 0.25) is 0 Å². The van der Waals surface area contributed by atoms with E-state index in [9.17, 15) is 9.90 Å². The lowest BCUT2D eigenvalue weighted by molar-refractivity contribution is -0.0403. The van der Waals surface area contributed by atoms with E-state index in [0.29, 0.717) is 49.1 Å². The number of nitrogens with one attached hydrogen (secondary N) is 1. The van der Waals surface area contributed by atoms with Gasteiger partial charge in [0.25, 0.3) is 0 Å². The van der Waals surface area contributed by atoms with Crippen molar-refractivity contribution in [1.29, 1.82) is 0 Å². The van der Waals surface area contributed by atoms with Gasteiger partial charge in [-0.2, -0.15) is 0 Å². The van der Waals surface area contributed by atoms with Gasteiger partial charge in [0.15, 0.2) is 0 Å². The Morgan fingerprint density at radius 1 is 1.45 bits per heavy atom. The largest absolute Gasteiger partial charge is 0.497 e. The number of benzene rings is 1. The third-order valence-electron chi connectivity index (χ3n) is 4.93. The number of fused-ring (bicyclic) bond motifs is 1. The highest BCUT2D eigenvalue weighted by atomic mass is 35.5. The van der Waals surface area contributed by atoms with Crippen LogP contribution in [0.3, 0.4) is 0 Å². The zero-order chi connectivity index (χ0) is 22.6. The number of β-amino-alcohol motifs (C(OH)–C–C–N with tert-alkyl or cyclic N) is 1. The molecule has 2 heterocycles. The topological polar surface area (TPSA) is 93.2 Å². The van der Waals surface area contributed by atoms with Crippen LogP contribution in [-0.4, -0.2) is 72.7 Å². The van der Waals surface area contributed by atoms with Gasteiger partial charge in [-0.3, -0.25) is 9.88 Å². The predicted molar refractivity (Wildman–Crippen MR) is 119 cm³/mol. The van der Waals surface area contributed by atoms with Gasteiger partial charge in [-0.1, -0.05) is 11.6 Å². The molecule has 1 aliphatic heterocycles. The molecule has 0 spiro atoms. The van der Waals surface area contributed by atoms with Gasteiger partial charge >= 0.3 is 6.09 Å². The van der Waals surface area contributed by atoms with E-state index in [1.165, 1.54) is 0 Å². The number of rotatable bonds is 6. The second kappa shape index (κ2) is 9.99. The van der Waals surface area contributed by atoms with Gasteiger partial charge in [-0.15, -0.1) is 0 Å². The van der Waals surface area contributed by atoms with Gasteiger partial charge in [-0.05, 0) is 39.0 Å². The molecule has 0 aliphatic carbocycles. The predicted octanol–water partition coefficient (Wildman–Crippen LogP) is 3.16. The minimum atomic E-state index is -0.817. The number of pyridine rings is 1. The van der Waals surface area contributed by atoms with Crippen molar-refractivity contribution in [2.45, 2.75) is 38.6 Å². The molecule has 0 bridgehead atoms. The minimum absolute atomic E-state index is 0.196. The second-order valence-electron chi connectivity index (χ2n) is 8.55. The third-order valence-corrected chi connectivity index (χ3v) is 5.23. The molecule has 8 nitrogen and oxygen atoms in total. The van der Waals surface area contributed by atoms with Gasteiger partial charge in [0.05, 0.1) is 36.5 Å². The first-order valence-corrected chi connectivity index (χ1v) is 10.6. The van der Waals surface area contributed by atoms with E-state index >= 15 is 0 Å². The maximum absolute atomic E-state index is 11.9. The first-order valence-electron chi connectivity index (χ1n) is 10.3. The first-order chi connectivity index (χ1) is 14.7. The second-order valence-corrected chi connectivity index (χ2v) is 8.96. The smallest absolute Gasteiger partial charge is 0.407 e. The van der Waals surface area contributed by atoms with Crippen LogP contribution in [0.5, 0.6) is 5.75 Å². The molecule has 1 aliphatic rings. The third kappa shape index (κ3) is 6.43. The SMILES string of the molecule is COc1ccc2ncc(Cl)c(C(O)CN3CCOC(CNC(=O)OC(C)(C)C)C3)c2c1. The van der Waals surface area contributed by atoms with Gasteiger partial charge < -0.3 is 24.6 Å². The van der Waals surface area contributed by atoms with Gasteiger partial charge in [-0.25, -0.2) is 4.79 Å². The summed E-state index contributed by atoms with van der Waals surface area (Å²) in [6, 6.07) is 5.50. The first kappa shape index (κ1) is 23.5. The quantitative estimate of drug-likeness (QED) is 0.696. The van der Waals surface area contributed by atoms with Crippen molar-refractivity contribution < 1.29 is 24.1 Å². The molecule has 9 heteroatoms. The van der Waals surface area contributed by atoms with Crippen molar-refractivity contribution in [3.05, 3.63) is 35.0 Å². The van der Waals surface area contributed by atoms with E-state index in [0.717, 1.165) is 10.9 Å². The number of hydrogen-bond donors (Lipinski definition) is 2. The molecule has 1 amide bonds. The molecule has 1 saturated heterocycles. The Bertz CT molecular complexity index is 918. The summed E-state index contributed by atoms with van der Waals surface area (Å²) in [4.78, 5) is 18.3. The molecule has 31 heavy (non-hydrogen) atoms. The summed E-state index contributed by atoms with van der Waals surface area (Å²) >= 11 is 6.41. The lowest BCUT2D eigenvalue weighted by Crippen LogP contribution is -2.49. The lowest BCUT2D eigenvalue weighted by Gasteiger charge is -2.34. The number of halogens is 1. The fourth-order valence-corrected chi connectivity index (χ4v) is 3.83. The van der Waals surface area contributed by atoms with E-state index in [1.54, 1.807) is 13.3 Å².